The van der Waals surface area contributed by atoms with Gasteiger partial charge in [-0.3, -0.25) is 14.2 Å². The molecule has 0 spiro atoms. The normalized spacial score (nSPS) is 11.3. The summed E-state index contributed by atoms with van der Waals surface area (Å²) in [5.41, 5.74) is 0.386. The SMILES string of the molecule is CCC(=O)c1cccc(S(=O)(=O)Nc2ccn(C)n2)c1. The van der Waals surface area contributed by atoms with Crippen LogP contribution in [0.2, 0.25) is 0 Å². The third-order valence-electron chi connectivity index (χ3n) is 2.74. The maximum absolute atomic E-state index is 12.2. The molecule has 0 radical (unpaired) electrons. The van der Waals surface area contributed by atoms with Crippen LogP contribution in [0, 0.1) is 0 Å². The van der Waals surface area contributed by atoms with E-state index in [2.05, 4.69) is 9.82 Å². The molecule has 0 unspecified atom stereocenters. The van der Waals surface area contributed by atoms with Gasteiger partial charge < -0.3 is 0 Å². The number of Topliss-reactive ketones (excluding diaryl/α,β-unsaturated/α-hetero) is 1. The van der Waals surface area contributed by atoms with Crippen LogP contribution in [0.4, 0.5) is 5.82 Å². The fourth-order valence-corrected chi connectivity index (χ4v) is 2.75. The van der Waals surface area contributed by atoms with Gasteiger partial charge in [-0.1, -0.05) is 19.1 Å². The number of hydrogen-bond acceptors (Lipinski definition) is 4. The van der Waals surface area contributed by atoms with Gasteiger partial charge in [0.15, 0.2) is 11.6 Å². The second-order valence-electron chi connectivity index (χ2n) is 4.28. The summed E-state index contributed by atoms with van der Waals surface area (Å²) in [4.78, 5) is 11.7. The molecule has 2 rings (SSSR count). The maximum Gasteiger partial charge on any atom is 0.263 e. The standard InChI is InChI=1S/C13H15N3O3S/c1-3-12(17)10-5-4-6-11(9-10)20(18,19)15-13-7-8-16(2)14-13/h4-9H,3H2,1-2H3,(H,14,15). The number of rotatable bonds is 5. The number of nitrogens with one attached hydrogen (secondary N) is 1. The Kier molecular flexibility index (Phi) is 3.89. The van der Waals surface area contributed by atoms with Crippen molar-refractivity contribution in [1.82, 2.24) is 9.78 Å². The Bertz CT molecular complexity index is 735. The lowest BCUT2D eigenvalue weighted by Gasteiger charge is -2.06. The van der Waals surface area contributed by atoms with E-state index in [0.29, 0.717) is 12.0 Å². The van der Waals surface area contributed by atoms with Crippen molar-refractivity contribution < 1.29 is 13.2 Å². The lowest BCUT2D eigenvalue weighted by molar-refractivity contribution is 0.0988. The minimum atomic E-state index is -3.74. The van der Waals surface area contributed by atoms with Crippen LogP contribution in [0.1, 0.15) is 23.7 Å². The van der Waals surface area contributed by atoms with Crippen LogP contribution in [0.15, 0.2) is 41.4 Å². The van der Waals surface area contributed by atoms with Gasteiger partial charge in [0.2, 0.25) is 0 Å². The zero-order valence-corrected chi connectivity index (χ0v) is 12.0. The Labute approximate surface area is 117 Å². The number of ketones is 1. The fraction of sp³-hybridized carbons (Fsp3) is 0.231. The van der Waals surface area contributed by atoms with Crippen LogP contribution >= 0.6 is 0 Å². The first-order valence-electron chi connectivity index (χ1n) is 6.08. The van der Waals surface area contributed by atoms with E-state index in [9.17, 15) is 13.2 Å². The highest BCUT2D eigenvalue weighted by Crippen LogP contribution is 2.16. The first-order valence-corrected chi connectivity index (χ1v) is 7.56. The molecule has 1 aromatic carbocycles. The molecule has 0 saturated carbocycles. The van der Waals surface area contributed by atoms with Crippen molar-refractivity contribution >= 4 is 21.6 Å². The molecule has 6 nitrogen and oxygen atoms in total. The van der Waals surface area contributed by atoms with Crippen molar-refractivity contribution in [3.8, 4) is 0 Å². The van der Waals surface area contributed by atoms with Gasteiger partial charge in [0.05, 0.1) is 4.90 Å². The second kappa shape index (κ2) is 5.46. The molecule has 20 heavy (non-hydrogen) atoms. The van der Waals surface area contributed by atoms with Gasteiger partial charge in [-0.2, -0.15) is 5.10 Å². The number of benzene rings is 1. The summed E-state index contributed by atoms with van der Waals surface area (Å²) in [6.07, 6.45) is 1.96. The monoisotopic (exact) mass is 293 g/mol. The summed E-state index contributed by atoms with van der Waals surface area (Å²) in [5.74, 6) is 0.139. The molecule has 0 aliphatic heterocycles. The molecule has 1 N–H and O–H groups in total. The van der Waals surface area contributed by atoms with E-state index in [4.69, 9.17) is 0 Å². The van der Waals surface area contributed by atoms with Crippen LogP contribution in [0.5, 0.6) is 0 Å². The molecular weight excluding hydrogens is 278 g/mol. The highest BCUT2D eigenvalue weighted by Gasteiger charge is 2.17. The molecule has 1 aromatic heterocycles. The second-order valence-corrected chi connectivity index (χ2v) is 5.97. The Morgan fingerprint density at radius 2 is 2.10 bits per heavy atom. The summed E-state index contributed by atoms with van der Waals surface area (Å²) < 4.78 is 28.3. The number of nitrogens with zero attached hydrogens (tertiary/aromatic N) is 2. The Morgan fingerprint density at radius 3 is 2.70 bits per heavy atom. The molecule has 1 heterocycles. The lowest BCUT2D eigenvalue weighted by atomic mass is 10.1. The van der Waals surface area contributed by atoms with Crippen molar-refractivity contribution in [3.63, 3.8) is 0 Å². The van der Waals surface area contributed by atoms with Gasteiger partial charge in [0, 0.05) is 31.3 Å². The van der Waals surface area contributed by atoms with E-state index < -0.39 is 10.0 Å². The fourth-order valence-electron chi connectivity index (χ4n) is 1.71. The topological polar surface area (TPSA) is 81.1 Å². The Balaban J connectivity index is 2.32. The quantitative estimate of drug-likeness (QED) is 0.852. The van der Waals surface area contributed by atoms with Gasteiger partial charge in [0.1, 0.15) is 0 Å². The van der Waals surface area contributed by atoms with Gasteiger partial charge in [-0.05, 0) is 12.1 Å². The number of anilines is 1. The number of sulfonamides is 1. The van der Waals surface area contributed by atoms with Crippen molar-refractivity contribution in [2.75, 3.05) is 4.72 Å². The highest BCUT2D eigenvalue weighted by atomic mass is 32.2. The lowest BCUT2D eigenvalue weighted by Crippen LogP contribution is -2.14. The van der Waals surface area contributed by atoms with Crippen LogP contribution in [0.3, 0.4) is 0 Å². The van der Waals surface area contributed by atoms with Crippen LogP contribution in [-0.4, -0.2) is 24.0 Å². The minimum absolute atomic E-state index is 0.0439. The summed E-state index contributed by atoms with van der Waals surface area (Å²) in [6.45, 7) is 1.73. The molecule has 2 aromatic rings. The van der Waals surface area contributed by atoms with Crippen LogP contribution < -0.4 is 4.72 Å². The molecule has 0 saturated heterocycles. The predicted octanol–water partition coefficient (Wildman–Crippen LogP) is 1.81. The molecule has 106 valence electrons. The molecule has 0 fully saturated rings. The van der Waals surface area contributed by atoms with E-state index >= 15 is 0 Å². The molecular formula is C13H15N3O3S. The Hall–Kier alpha value is -2.15. The first kappa shape index (κ1) is 14.3. The van der Waals surface area contributed by atoms with Gasteiger partial charge >= 0.3 is 0 Å². The number of aromatic nitrogens is 2. The van der Waals surface area contributed by atoms with Crippen molar-refractivity contribution in [2.45, 2.75) is 18.2 Å². The van der Waals surface area contributed by atoms with Crippen LogP contribution in [-0.2, 0) is 17.1 Å². The maximum atomic E-state index is 12.2. The molecule has 0 bridgehead atoms. The largest absolute Gasteiger partial charge is 0.294 e. The van der Waals surface area contributed by atoms with Crippen LogP contribution in [0.25, 0.3) is 0 Å². The number of aryl methyl sites for hydroxylation is 1. The summed E-state index contributed by atoms with van der Waals surface area (Å²) in [6, 6.07) is 7.52. The number of carbonyl (C=O) groups excluding carboxylic acids is 1. The van der Waals surface area contributed by atoms with Gasteiger partial charge in [-0.25, -0.2) is 8.42 Å². The number of carbonyl (C=O) groups is 1. The first-order chi connectivity index (χ1) is 9.42. The minimum Gasteiger partial charge on any atom is -0.294 e. The summed E-state index contributed by atoms with van der Waals surface area (Å²) in [7, 11) is -2.05. The molecule has 0 atom stereocenters. The zero-order chi connectivity index (χ0) is 14.8. The summed E-state index contributed by atoms with van der Waals surface area (Å²) >= 11 is 0. The van der Waals surface area contributed by atoms with Crippen molar-refractivity contribution in [2.24, 2.45) is 7.05 Å². The van der Waals surface area contributed by atoms with Gasteiger partial charge in [0.25, 0.3) is 10.0 Å². The molecule has 0 aliphatic carbocycles. The third-order valence-corrected chi connectivity index (χ3v) is 4.09. The van der Waals surface area contributed by atoms with E-state index in [0.717, 1.165) is 0 Å². The molecule has 7 heteroatoms. The van der Waals surface area contributed by atoms with Crippen molar-refractivity contribution in [3.05, 3.63) is 42.1 Å². The van der Waals surface area contributed by atoms with E-state index in [1.165, 1.54) is 16.8 Å². The number of hydrogen-bond donors (Lipinski definition) is 1. The van der Waals surface area contributed by atoms with Gasteiger partial charge in [-0.15, -0.1) is 0 Å². The zero-order valence-electron chi connectivity index (χ0n) is 11.2. The Morgan fingerprint density at radius 1 is 1.35 bits per heavy atom. The van der Waals surface area contributed by atoms with Crippen molar-refractivity contribution in [1.29, 1.82) is 0 Å². The summed E-state index contributed by atoms with van der Waals surface area (Å²) in [5, 5.41) is 3.95. The van der Waals surface area contributed by atoms with E-state index in [-0.39, 0.29) is 16.5 Å². The highest BCUT2D eigenvalue weighted by molar-refractivity contribution is 7.92. The smallest absolute Gasteiger partial charge is 0.263 e. The molecule has 0 amide bonds. The molecule has 0 aliphatic rings. The predicted molar refractivity (Wildman–Crippen MR) is 75.1 cm³/mol. The average Bonchev–Trinajstić information content (AvgIpc) is 2.82. The van der Waals surface area contributed by atoms with E-state index in [1.54, 1.807) is 38.4 Å². The average molecular weight is 293 g/mol. The van der Waals surface area contributed by atoms with E-state index in [1.807, 2.05) is 0 Å². The third kappa shape index (κ3) is 3.05.